The normalized spacial score (nSPS) is 30.1. The van der Waals surface area contributed by atoms with Crippen molar-refractivity contribution in [2.75, 3.05) is 0 Å². The average molecular weight is 334 g/mol. The molecule has 1 aromatic rings. The molecule has 118 valence electrons. The zero-order chi connectivity index (χ0) is 16.4. The Morgan fingerprint density at radius 2 is 1.82 bits per heavy atom. The summed E-state index contributed by atoms with van der Waals surface area (Å²) in [4.78, 5) is -0.408. The Kier molecular flexibility index (Phi) is 2.91. The fourth-order valence-corrected chi connectivity index (χ4v) is 4.70. The third kappa shape index (κ3) is 2.01. The van der Waals surface area contributed by atoms with Gasteiger partial charge in [-0.2, -0.15) is 18.4 Å². The number of halogens is 4. The highest BCUT2D eigenvalue weighted by Gasteiger charge is 2.79. The maximum Gasteiger partial charge on any atom is 0.394 e. The van der Waals surface area contributed by atoms with Gasteiger partial charge in [0.25, 0.3) is 0 Å². The molecule has 3 aliphatic rings. The summed E-state index contributed by atoms with van der Waals surface area (Å²) in [6.07, 6.45) is -5.20. The van der Waals surface area contributed by atoms with Crippen LogP contribution in [0.15, 0.2) is 23.1 Å². The molecular formula is C13H10F4N2O2S. The Balaban J connectivity index is 1.78. The van der Waals surface area contributed by atoms with Gasteiger partial charge in [-0.1, -0.05) is 0 Å². The third-order valence-electron chi connectivity index (χ3n) is 4.35. The lowest BCUT2D eigenvalue weighted by Crippen LogP contribution is -2.78. The molecule has 0 spiro atoms. The van der Waals surface area contributed by atoms with E-state index < -0.39 is 37.9 Å². The summed E-state index contributed by atoms with van der Waals surface area (Å²) in [5, 5.41) is 8.60. The molecule has 2 bridgehead atoms. The van der Waals surface area contributed by atoms with Crippen LogP contribution in [-0.4, -0.2) is 20.1 Å². The van der Waals surface area contributed by atoms with Crippen molar-refractivity contribution < 1.29 is 26.0 Å². The second kappa shape index (κ2) is 4.20. The minimum atomic E-state index is -4.33. The van der Waals surface area contributed by atoms with Gasteiger partial charge in [0.1, 0.15) is 11.9 Å². The van der Waals surface area contributed by atoms with Crippen molar-refractivity contribution in [3.8, 4) is 6.07 Å². The van der Waals surface area contributed by atoms with Gasteiger partial charge in [0, 0.05) is 5.54 Å². The zero-order valence-corrected chi connectivity index (χ0v) is 11.9. The fourth-order valence-electron chi connectivity index (χ4n) is 3.29. The van der Waals surface area contributed by atoms with Crippen LogP contribution in [0.1, 0.15) is 24.8 Å². The largest absolute Gasteiger partial charge is 0.394 e. The topological polar surface area (TPSA) is 70.0 Å². The summed E-state index contributed by atoms with van der Waals surface area (Å²) >= 11 is 0. The molecule has 0 aromatic heterocycles. The molecule has 9 heteroatoms. The first-order valence-electron chi connectivity index (χ1n) is 6.33. The SMILES string of the molecule is N#Cc1ccc(S(=O)(=O)NC23CC(C(F)(F)F)(C2)C3)cc1F. The number of nitriles is 1. The summed E-state index contributed by atoms with van der Waals surface area (Å²) in [6.45, 7) is 0. The Hall–Kier alpha value is -1.66. The van der Waals surface area contributed by atoms with E-state index in [1.807, 2.05) is 0 Å². The molecule has 0 saturated heterocycles. The second-order valence-electron chi connectivity index (χ2n) is 5.95. The van der Waals surface area contributed by atoms with E-state index >= 15 is 0 Å². The van der Waals surface area contributed by atoms with Gasteiger partial charge >= 0.3 is 6.18 Å². The van der Waals surface area contributed by atoms with E-state index in [0.717, 1.165) is 12.1 Å². The molecule has 0 atom stereocenters. The first-order valence-corrected chi connectivity index (χ1v) is 7.81. The van der Waals surface area contributed by atoms with Crippen LogP contribution in [0.25, 0.3) is 0 Å². The minimum absolute atomic E-state index is 0.290. The number of nitrogens with zero attached hydrogens (tertiary/aromatic N) is 1. The third-order valence-corrected chi connectivity index (χ3v) is 5.93. The first kappa shape index (κ1) is 15.2. The van der Waals surface area contributed by atoms with Crippen molar-refractivity contribution >= 4 is 10.0 Å². The monoisotopic (exact) mass is 334 g/mol. The number of sulfonamides is 1. The van der Waals surface area contributed by atoms with Crippen molar-refractivity contribution in [3.05, 3.63) is 29.6 Å². The van der Waals surface area contributed by atoms with Gasteiger partial charge in [0.2, 0.25) is 10.0 Å². The summed E-state index contributed by atoms with van der Waals surface area (Å²) in [6, 6.07) is 4.31. The van der Waals surface area contributed by atoms with Crippen molar-refractivity contribution in [2.45, 2.75) is 35.9 Å². The Labute approximate surface area is 123 Å². The number of hydrogen-bond donors (Lipinski definition) is 1. The molecule has 1 N–H and O–H groups in total. The van der Waals surface area contributed by atoms with E-state index in [9.17, 15) is 26.0 Å². The van der Waals surface area contributed by atoms with E-state index in [-0.39, 0.29) is 24.8 Å². The van der Waals surface area contributed by atoms with E-state index in [2.05, 4.69) is 4.72 Å². The Bertz CT molecular complexity index is 775. The lowest BCUT2D eigenvalue weighted by Gasteiger charge is -2.70. The van der Waals surface area contributed by atoms with Crippen LogP contribution in [-0.2, 0) is 10.0 Å². The zero-order valence-electron chi connectivity index (χ0n) is 11.0. The Morgan fingerprint density at radius 1 is 1.23 bits per heavy atom. The van der Waals surface area contributed by atoms with Crippen molar-refractivity contribution in [1.29, 1.82) is 5.26 Å². The fraction of sp³-hybridized carbons (Fsp3) is 0.462. The van der Waals surface area contributed by atoms with Gasteiger partial charge in [0.15, 0.2) is 0 Å². The van der Waals surface area contributed by atoms with Gasteiger partial charge < -0.3 is 0 Å². The first-order chi connectivity index (χ1) is 10.0. The highest BCUT2D eigenvalue weighted by atomic mass is 32.2. The number of hydrogen-bond acceptors (Lipinski definition) is 3. The molecular weight excluding hydrogens is 324 g/mol. The second-order valence-corrected chi connectivity index (χ2v) is 7.63. The van der Waals surface area contributed by atoms with Gasteiger partial charge in [-0.05, 0) is 37.5 Å². The van der Waals surface area contributed by atoms with Crippen LogP contribution in [0.3, 0.4) is 0 Å². The average Bonchev–Trinajstić information content (AvgIpc) is 2.30. The van der Waals surface area contributed by atoms with E-state index in [1.54, 1.807) is 6.07 Å². The number of benzene rings is 1. The van der Waals surface area contributed by atoms with Gasteiger partial charge in [-0.25, -0.2) is 17.5 Å². The van der Waals surface area contributed by atoms with Gasteiger partial charge in [0.05, 0.1) is 15.9 Å². The van der Waals surface area contributed by atoms with Crippen LogP contribution in [0.2, 0.25) is 0 Å². The highest BCUT2D eigenvalue weighted by molar-refractivity contribution is 7.89. The highest BCUT2D eigenvalue weighted by Crippen LogP contribution is 2.73. The molecule has 0 amide bonds. The van der Waals surface area contributed by atoms with Crippen LogP contribution in [0, 0.1) is 22.6 Å². The molecule has 1 aromatic carbocycles. The van der Waals surface area contributed by atoms with Crippen molar-refractivity contribution in [1.82, 2.24) is 4.72 Å². The molecule has 0 unspecified atom stereocenters. The maximum atomic E-state index is 13.5. The number of alkyl halides is 3. The van der Waals surface area contributed by atoms with Crippen LogP contribution < -0.4 is 4.72 Å². The summed E-state index contributed by atoms with van der Waals surface area (Å²) in [5.41, 5.74) is -3.16. The molecule has 0 heterocycles. The molecule has 0 aliphatic heterocycles. The van der Waals surface area contributed by atoms with Crippen LogP contribution >= 0.6 is 0 Å². The summed E-state index contributed by atoms with van der Waals surface area (Å²) < 4.78 is 78.2. The molecule has 4 nitrogen and oxygen atoms in total. The minimum Gasteiger partial charge on any atom is -0.207 e. The van der Waals surface area contributed by atoms with Crippen LogP contribution in [0.4, 0.5) is 17.6 Å². The maximum absolute atomic E-state index is 13.5. The van der Waals surface area contributed by atoms with E-state index in [0.29, 0.717) is 6.07 Å². The van der Waals surface area contributed by atoms with E-state index in [4.69, 9.17) is 5.26 Å². The van der Waals surface area contributed by atoms with Gasteiger partial charge in [-0.3, -0.25) is 0 Å². The Morgan fingerprint density at radius 3 is 2.27 bits per heavy atom. The molecule has 3 fully saturated rings. The number of rotatable bonds is 3. The van der Waals surface area contributed by atoms with E-state index in [1.165, 1.54) is 0 Å². The molecule has 0 radical (unpaired) electrons. The quantitative estimate of drug-likeness (QED) is 0.863. The van der Waals surface area contributed by atoms with Crippen molar-refractivity contribution in [2.24, 2.45) is 5.41 Å². The summed E-state index contributed by atoms with van der Waals surface area (Å²) in [5.74, 6) is -0.991. The number of nitrogens with one attached hydrogen (secondary N) is 1. The van der Waals surface area contributed by atoms with Crippen molar-refractivity contribution in [3.63, 3.8) is 0 Å². The van der Waals surface area contributed by atoms with Gasteiger partial charge in [-0.15, -0.1) is 0 Å². The molecule has 3 saturated carbocycles. The standard InChI is InChI=1S/C13H10F4N2O2S/c14-10-3-9(2-1-8(10)4-18)22(20,21)19-12-5-11(6-12,7-12)13(15,16)17/h1-3,19H,5-7H2. The summed E-state index contributed by atoms with van der Waals surface area (Å²) in [7, 11) is -4.13. The smallest absolute Gasteiger partial charge is 0.207 e. The predicted octanol–water partition coefficient (Wildman–Crippen LogP) is 2.46. The lowest BCUT2D eigenvalue weighted by atomic mass is 9.39. The van der Waals surface area contributed by atoms with Crippen LogP contribution in [0.5, 0.6) is 0 Å². The predicted molar refractivity (Wildman–Crippen MR) is 66.5 cm³/mol. The lowest BCUT2D eigenvalue weighted by molar-refractivity contribution is -0.335. The molecule has 22 heavy (non-hydrogen) atoms. The molecule has 4 rings (SSSR count). The molecule has 3 aliphatic carbocycles.